The molecular weight excluding hydrogens is 208 g/mol. The van der Waals surface area contributed by atoms with Crippen LogP contribution in [0.25, 0.3) is 0 Å². The van der Waals surface area contributed by atoms with Crippen molar-refractivity contribution in [3.05, 3.63) is 0 Å². The molecule has 0 bridgehead atoms. The minimum absolute atomic E-state index is 0.190. The Bertz CT molecular complexity index is 281. The summed E-state index contributed by atoms with van der Waals surface area (Å²) in [6.45, 7) is 3.10. The maximum Gasteiger partial charge on any atom is 0.306 e. The van der Waals surface area contributed by atoms with Crippen molar-refractivity contribution in [2.75, 3.05) is 26.2 Å². The summed E-state index contributed by atoms with van der Waals surface area (Å²) in [5.74, 6) is -0.301. The van der Waals surface area contributed by atoms with Crippen molar-refractivity contribution in [3.8, 4) is 0 Å². The van der Waals surface area contributed by atoms with Crippen LogP contribution < -0.4 is 5.32 Å². The third kappa shape index (κ3) is 2.52. The first kappa shape index (κ1) is 11.4. The molecule has 2 heterocycles. The fourth-order valence-corrected chi connectivity index (χ4v) is 2.24. The first-order valence-electron chi connectivity index (χ1n) is 5.88. The summed E-state index contributed by atoms with van der Waals surface area (Å²) in [4.78, 5) is 24.4. The summed E-state index contributed by atoms with van der Waals surface area (Å²) in [6.07, 6.45) is 1.82. The molecule has 5 nitrogen and oxygen atoms in total. The van der Waals surface area contributed by atoms with Crippen molar-refractivity contribution >= 4 is 11.9 Å². The van der Waals surface area contributed by atoms with Gasteiger partial charge in [-0.25, -0.2) is 0 Å². The van der Waals surface area contributed by atoms with Crippen LogP contribution in [0, 0.1) is 11.8 Å². The van der Waals surface area contributed by atoms with E-state index in [4.69, 9.17) is 5.11 Å². The van der Waals surface area contributed by atoms with Crippen LogP contribution in [-0.4, -0.2) is 48.1 Å². The third-order valence-corrected chi connectivity index (χ3v) is 3.53. The number of likely N-dealkylation sites (tertiary alicyclic amines) is 1. The van der Waals surface area contributed by atoms with E-state index in [0.29, 0.717) is 38.3 Å². The highest BCUT2D eigenvalue weighted by molar-refractivity contribution is 5.77. The number of aliphatic carboxylic acids is 1. The van der Waals surface area contributed by atoms with Crippen molar-refractivity contribution in [2.24, 2.45) is 11.8 Å². The smallest absolute Gasteiger partial charge is 0.306 e. The molecule has 1 amide bonds. The zero-order valence-corrected chi connectivity index (χ0v) is 9.32. The topological polar surface area (TPSA) is 69.6 Å². The molecule has 2 aliphatic heterocycles. The molecule has 0 atom stereocenters. The number of nitrogens with one attached hydrogen (secondary N) is 1. The monoisotopic (exact) mass is 226 g/mol. The fourth-order valence-electron chi connectivity index (χ4n) is 2.24. The Kier molecular flexibility index (Phi) is 3.43. The highest BCUT2D eigenvalue weighted by atomic mass is 16.4. The van der Waals surface area contributed by atoms with E-state index in [1.165, 1.54) is 0 Å². The molecule has 0 aromatic heterocycles. The second kappa shape index (κ2) is 4.82. The van der Waals surface area contributed by atoms with Gasteiger partial charge in [0.15, 0.2) is 0 Å². The van der Waals surface area contributed by atoms with Crippen molar-refractivity contribution in [1.82, 2.24) is 10.2 Å². The van der Waals surface area contributed by atoms with Crippen LogP contribution in [0.2, 0.25) is 0 Å². The number of hydrogen-bond acceptors (Lipinski definition) is 3. The molecule has 0 saturated carbocycles. The number of rotatable bonds is 3. The van der Waals surface area contributed by atoms with Crippen LogP contribution in [0.4, 0.5) is 0 Å². The summed E-state index contributed by atoms with van der Waals surface area (Å²) in [7, 11) is 0. The molecule has 0 aromatic rings. The Morgan fingerprint density at radius 2 is 1.88 bits per heavy atom. The molecule has 0 spiro atoms. The van der Waals surface area contributed by atoms with E-state index in [1.807, 2.05) is 4.90 Å². The molecule has 5 heteroatoms. The Labute approximate surface area is 94.8 Å². The van der Waals surface area contributed by atoms with Crippen LogP contribution >= 0.6 is 0 Å². The van der Waals surface area contributed by atoms with E-state index in [1.54, 1.807) is 0 Å². The van der Waals surface area contributed by atoms with Gasteiger partial charge in [0.25, 0.3) is 0 Å². The van der Waals surface area contributed by atoms with Gasteiger partial charge < -0.3 is 15.3 Å². The predicted octanol–water partition coefficient (Wildman–Crippen LogP) is -0.0809. The molecule has 16 heavy (non-hydrogen) atoms. The molecule has 90 valence electrons. The van der Waals surface area contributed by atoms with E-state index in [9.17, 15) is 9.59 Å². The number of carboxylic acid groups (broad SMARTS) is 1. The van der Waals surface area contributed by atoms with E-state index in [0.717, 1.165) is 13.1 Å². The largest absolute Gasteiger partial charge is 0.481 e. The van der Waals surface area contributed by atoms with Crippen molar-refractivity contribution in [1.29, 1.82) is 0 Å². The first-order chi connectivity index (χ1) is 7.66. The van der Waals surface area contributed by atoms with Gasteiger partial charge in [-0.2, -0.15) is 0 Å². The predicted molar refractivity (Wildman–Crippen MR) is 57.9 cm³/mol. The van der Waals surface area contributed by atoms with Crippen LogP contribution in [0.5, 0.6) is 0 Å². The SMILES string of the molecule is O=C(O)C1CCN(C(=O)CC2CNC2)CC1. The summed E-state index contributed by atoms with van der Waals surface area (Å²) >= 11 is 0. The van der Waals surface area contributed by atoms with Gasteiger partial charge in [-0.1, -0.05) is 0 Å². The van der Waals surface area contributed by atoms with Gasteiger partial charge in [0, 0.05) is 19.5 Å². The maximum atomic E-state index is 11.8. The van der Waals surface area contributed by atoms with Crippen LogP contribution in [0.15, 0.2) is 0 Å². The van der Waals surface area contributed by atoms with Crippen LogP contribution in [-0.2, 0) is 9.59 Å². The third-order valence-electron chi connectivity index (χ3n) is 3.53. The Hall–Kier alpha value is -1.10. The van der Waals surface area contributed by atoms with Gasteiger partial charge in [-0.05, 0) is 31.8 Å². The van der Waals surface area contributed by atoms with Crippen molar-refractivity contribution < 1.29 is 14.7 Å². The number of hydrogen-bond donors (Lipinski definition) is 2. The standard InChI is InChI=1S/C11H18N2O3/c14-10(5-8-6-12-7-8)13-3-1-9(2-4-13)11(15)16/h8-9,12H,1-7H2,(H,15,16). The second-order valence-electron chi connectivity index (χ2n) is 4.72. The average molecular weight is 226 g/mol. The highest BCUT2D eigenvalue weighted by Gasteiger charge is 2.29. The minimum Gasteiger partial charge on any atom is -0.481 e. The zero-order chi connectivity index (χ0) is 11.5. The van der Waals surface area contributed by atoms with Crippen LogP contribution in [0.3, 0.4) is 0 Å². The molecule has 2 aliphatic rings. The van der Waals surface area contributed by atoms with Crippen molar-refractivity contribution in [3.63, 3.8) is 0 Å². The minimum atomic E-state index is -0.727. The lowest BCUT2D eigenvalue weighted by molar-refractivity contribution is -0.146. The van der Waals surface area contributed by atoms with E-state index < -0.39 is 5.97 Å². The Morgan fingerprint density at radius 1 is 1.25 bits per heavy atom. The number of nitrogens with zero attached hydrogens (tertiary/aromatic N) is 1. The van der Waals surface area contributed by atoms with Gasteiger partial charge in [-0.3, -0.25) is 9.59 Å². The van der Waals surface area contributed by atoms with Gasteiger partial charge in [0.05, 0.1) is 5.92 Å². The van der Waals surface area contributed by atoms with Gasteiger partial charge >= 0.3 is 5.97 Å². The second-order valence-corrected chi connectivity index (χ2v) is 4.72. The van der Waals surface area contributed by atoms with E-state index in [2.05, 4.69) is 5.32 Å². The quantitative estimate of drug-likeness (QED) is 0.706. The Morgan fingerprint density at radius 3 is 2.31 bits per heavy atom. The summed E-state index contributed by atoms with van der Waals surface area (Å²) in [5.41, 5.74) is 0. The molecule has 0 unspecified atom stereocenters. The molecule has 0 radical (unpaired) electrons. The summed E-state index contributed by atoms with van der Waals surface area (Å²) < 4.78 is 0. The summed E-state index contributed by atoms with van der Waals surface area (Å²) in [5, 5.41) is 12.0. The number of carboxylic acids is 1. The number of carbonyl (C=O) groups is 2. The number of amides is 1. The highest BCUT2D eigenvalue weighted by Crippen LogP contribution is 2.19. The lowest BCUT2D eigenvalue weighted by Crippen LogP contribution is -2.47. The molecule has 0 aromatic carbocycles. The lowest BCUT2D eigenvalue weighted by atomic mass is 9.95. The number of piperidine rings is 1. The number of carbonyl (C=O) groups excluding carboxylic acids is 1. The lowest BCUT2D eigenvalue weighted by Gasteiger charge is -2.33. The molecule has 0 aliphatic carbocycles. The van der Waals surface area contributed by atoms with Crippen LogP contribution in [0.1, 0.15) is 19.3 Å². The van der Waals surface area contributed by atoms with Gasteiger partial charge in [-0.15, -0.1) is 0 Å². The van der Waals surface area contributed by atoms with Gasteiger partial charge in [0.1, 0.15) is 0 Å². The summed E-state index contributed by atoms with van der Waals surface area (Å²) in [6, 6.07) is 0. The zero-order valence-electron chi connectivity index (χ0n) is 9.32. The van der Waals surface area contributed by atoms with Crippen molar-refractivity contribution in [2.45, 2.75) is 19.3 Å². The van der Waals surface area contributed by atoms with E-state index in [-0.39, 0.29) is 11.8 Å². The van der Waals surface area contributed by atoms with E-state index >= 15 is 0 Å². The first-order valence-corrected chi connectivity index (χ1v) is 5.88. The molecule has 2 N–H and O–H groups in total. The molecular formula is C11H18N2O3. The molecule has 2 rings (SSSR count). The van der Waals surface area contributed by atoms with Gasteiger partial charge in [0.2, 0.25) is 5.91 Å². The molecule has 2 fully saturated rings. The maximum absolute atomic E-state index is 11.8. The normalized spacial score (nSPS) is 22.9. The Balaban J connectivity index is 1.74. The fraction of sp³-hybridized carbons (Fsp3) is 0.818. The average Bonchev–Trinajstić information content (AvgIpc) is 2.23. The molecule has 2 saturated heterocycles.